The number of aromatic nitrogens is 2. The van der Waals surface area contributed by atoms with E-state index in [9.17, 15) is 0 Å². The normalized spacial score (nSPS) is 13.7. The van der Waals surface area contributed by atoms with Gasteiger partial charge >= 0.3 is 0 Å². The predicted molar refractivity (Wildman–Crippen MR) is 88.9 cm³/mol. The Balaban J connectivity index is 3.06. The molecular formula is C16H30ClN3O. The van der Waals surface area contributed by atoms with E-state index in [1.165, 1.54) is 0 Å². The van der Waals surface area contributed by atoms with Gasteiger partial charge in [0.25, 0.3) is 0 Å². The number of nitrogens with zero attached hydrogens (tertiary/aromatic N) is 2. The van der Waals surface area contributed by atoms with E-state index in [-0.39, 0.29) is 11.6 Å². The molecule has 0 saturated heterocycles. The largest absolute Gasteiger partial charge is 0.374 e. The number of ether oxygens (including phenoxy) is 1. The fourth-order valence-electron chi connectivity index (χ4n) is 2.98. The van der Waals surface area contributed by atoms with Gasteiger partial charge in [-0.3, -0.25) is 4.68 Å². The second kappa shape index (κ2) is 8.16. The van der Waals surface area contributed by atoms with E-state index in [4.69, 9.17) is 22.1 Å². The second-order valence-electron chi connectivity index (χ2n) is 5.39. The second-order valence-corrected chi connectivity index (χ2v) is 5.77. The van der Waals surface area contributed by atoms with Crippen LogP contribution in [0.5, 0.6) is 0 Å². The Bertz CT molecular complexity index is 441. The average molecular weight is 316 g/mol. The summed E-state index contributed by atoms with van der Waals surface area (Å²) < 4.78 is 7.99. The number of hydrogen-bond acceptors (Lipinski definition) is 3. The van der Waals surface area contributed by atoms with E-state index in [0.717, 1.165) is 42.2 Å². The van der Waals surface area contributed by atoms with Crippen molar-refractivity contribution in [1.29, 1.82) is 0 Å². The Morgan fingerprint density at radius 1 is 1.24 bits per heavy atom. The molecule has 0 saturated carbocycles. The molecule has 1 aromatic rings. The summed E-state index contributed by atoms with van der Waals surface area (Å²) in [5.74, 6) is 0. The van der Waals surface area contributed by atoms with Gasteiger partial charge in [-0.05, 0) is 33.1 Å². The molecule has 0 fully saturated rings. The van der Waals surface area contributed by atoms with Crippen LogP contribution >= 0.6 is 11.6 Å². The Hall–Kier alpha value is -0.580. The van der Waals surface area contributed by atoms with Crippen molar-refractivity contribution in [3.63, 3.8) is 0 Å². The molecule has 2 N–H and O–H groups in total. The highest BCUT2D eigenvalue weighted by Crippen LogP contribution is 2.29. The zero-order valence-electron chi connectivity index (χ0n) is 14.1. The van der Waals surface area contributed by atoms with Gasteiger partial charge in [0.1, 0.15) is 0 Å². The van der Waals surface area contributed by atoms with Crippen LogP contribution in [0.25, 0.3) is 0 Å². The minimum absolute atomic E-state index is 0.0864. The fraction of sp³-hybridized carbons (Fsp3) is 0.812. The van der Waals surface area contributed by atoms with Gasteiger partial charge in [0.05, 0.1) is 22.0 Å². The van der Waals surface area contributed by atoms with E-state index in [1.54, 1.807) is 0 Å². The van der Waals surface area contributed by atoms with Gasteiger partial charge in [-0.2, -0.15) is 5.10 Å². The van der Waals surface area contributed by atoms with Gasteiger partial charge in [0.15, 0.2) is 0 Å². The lowest BCUT2D eigenvalue weighted by Gasteiger charge is -2.37. The van der Waals surface area contributed by atoms with Crippen molar-refractivity contribution < 1.29 is 4.74 Å². The van der Waals surface area contributed by atoms with Gasteiger partial charge < -0.3 is 10.5 Å². The predicted octanol–water partition coefficient (Wildman–Crippen LogP) is 3.58. The average Bonchev–Trinajstić information content (AvgIpc) is 2.80. The van der Waals surface area contributed by atoms with Crippen LogP contribution in [0.3, 0.4) is 0 Å². The molecule has 0 bridgehead atoms. The van der Waals surface area contributed by atoms with Gasteiger partial charge in [0, 0.05) is 25.6 Å². The molecule has 1 aromatic heterocycles. The van der Waals surface area contributed by atoms with Crippen LogP contribution in [-0.2, 0) is 24.1 Å². The van der Waals surface area contributed by atoms with Crippen molar-refractivity contribution in [2.45, 2.75) is 78.5 Å². The van der Waals surface area contributed by atoms with Crippen molar-refractivity contribution in [3.05, 3.63) is 16.4 Å². The molecule has 1 heterocycles. The Labute approximate surface area is 134 Å². The lowest BCUT2D eigenvalue weighted by Crippen LogP contribution is -2.51. The lowest BCUT2D eigenvalue weighted by molar-refractivity contribution is -0.0636. The first-order valence-electron chi connectivity index (χ1n) is 8.13. The molecule has 0 radical (unpaired) electrons. The molecule has 21 heavy (non-hydrogen) atoms. The maximum atomic E-state index is 6.51. The van der Waals surface area contributed by atoms with Crippen molar-refractivity contribution in [2.75, 3.05) is 6.61 Å². The maximum Gasteiger partial charge on any atom is 0.0850 e. The number of rotatable bonds is 9. The fourth-order valence-corrected chi connectivity index (χ4v) is 3.33. The molecule has 1 rings (SSSR count). The summed E-state index contributed by atoms with van der Waals surface area (Å²) in [5, 5.41) is 5.34. The first-order chi connectivity index (χ1) is 9.99. The summed E-state index contributed by atoms with van der Waals surface area (Å²) in [4.78, 5) is 0. The lowest BCUT2D eigenvalue weighted by atomic mass is 9.86. The summed E-state index contributed by atoms with van der Waals surface area (Å²) in [6.45, 7) is 11.9. The standard InChI is InChI=1S/C16H30ClN3O/c1-6-12-15(17)13(20(9-4)19-12)11-14(18)16(7-2,8-3)21-10-5/h14H,6-11,18H2,1-5H3. The first-order valence-corrected chi connectivity index (χ1v) is 8.50. The highest BCUT2D eigenvalue weighted by Gasteiger charge is 2.35. The third-order valence-electron chi connectivity index (χ3n) is 4.41. The number of nitrogens with two attached hydrogens (primary N) is 1. The monoisotopic (exact) mass is 315 g/mol. The molecule has 0 spiro atoms. The van der Waals surface area contributed by atoms with Crippen LogP contribution in [-0.4, -0.2) is 28.0 Å². The summed E-state index contributed by atoms with van der Waals surface area (Å²) in [5.41, 5.74) is 8.22. The Morgan fingerprint density at radius 2 is 1.86 bits per heavy atom. The zero-order chi connectivity index (χ0) is 16.0. The maximum absolute atomic E-state index is 6.51. The highest BCUT2D eigenvalue weighted by atomic mass is 35.5. The van der Waals surface area contributed by atoms with Gasteiger partial charge in [0.2, 0.25) is 0 Å². The minimum atomic E-state index is -0.284. The molecule has 5 heteroatoms. The number of halogens is 1. The number of hydrogen-bond donors (Lipinski definition) is 1. The number of aryl methyl sites for hydroxylation is 2. The third-order valence-corrected chi connectivity index (χ3v) is 4.85. The van der Waals surface area contributed by atoms with Gasteiger partial charge in [-0.15, -0.1) is 0 Å². The van der Waals surface area contributed by atoms with Crippen LogP contribution < -0.4 is 5.73 Å². The molecule has 0 amide bonds. The summed E-state index contributed by atoms with van der Waals surface area (Å²) in [6.07, 6.45) is 3.33. The molecule has 0 aromatic carbocycles. The van der Waals surface area contributed by atoms with Crippen LogP contribution in [0.2, 0.25) is 5.02 Å². The van der Waals surface area contributed by atoms with Crippen LogP contribution in [0.4, 0.5) is 0 Å². The molecule has 0 aliphatic rings. The topological polar surface area (TPSA) is 53.1 Å². The Morgan fingerprint density at radius 3 is 2.29 bits per heavy atom. The van der Waals surface area contributed by atoms with E-state index in [2.05, 4.69) is 32.8 Å². The Kier molecular flexibility index (Phi) is 7.17. The van der Waals surface area contributed by atoms with Gasteiger partial charge in [-0.25, -0.2) is 0 Å². The summed E-state index contributed by atoms with van der Waals surface area (Å²) in [7, 11) is 0. The van der Waals surface area contributed by atoms with Crippen molar-refractivity contribution in [2.24, 2.45) is 5.73 Å². The van der Waals surface area contributed by atoms with Crippen LogP contribution in [0.15, 0.2) is 0 Å². The van der Waals surface area contributed by atoms with Gasteiger partial charge in [-0.1, -0.05) is 32.4 Å². The smallest absolute Gasteiger partial charge is 0.0850 e. The summed E-state index contributed by atoms with van der Waals surface area (Å²) in [6, 6.07) is -0.0864. The quantitative estimate of drug-likeness (QED) is 0.757. The molecule has 0 aliphatic heterocycles. The molecule has 1 unspecified atom stereocenters. The van der Waals surface area contributed by atoms with E-state index >= 15 is 0 Å². The minimum Gasteiger partial charge on any atom is -0.374 e. The van der Waals surface area contributed by atoms with E-state index < -0.39 is 0 Å². The summed E-state index contributed by atoms with van der Waals surface area (Å²) >= 11 is 6.49. The van der Waals surface area contributed by atoms with Crippen LogP contribution in [0.1, 0.15) is 58.8 Å². The molecule has 0 aliphatic carbocycles. The third kappa shape index (κ3) is 3.79. The molecule has 1 atom stereocenters. The van der Waals surface area contributed by atoms with E-state index in [0.29, 0.717) is 13.0 Å². The molecule has 4 nitrogen and oxygen atoms in total. The molecular weight excluding hydrogens is 286 g/mol. The van der Waals surface area contributed by atoms with E-state index in [1.807, 2.05) is 11.6 Å². The van der Waals surface area contributed by atoms with Crippen molar-refractivity contribution in [3.8, 4) is 0 Å². The van der Waals surface area contributed by atoms with Crippen LogP contribution in [0, 0.1) is 0 Å². The SMILES string of the molecule is CCOC(CC)(CC)C(N)Cc1c(Cl)c(CC)nn1CC. The first kappa shape index (κ1) is 18.5. The molecule has 122 valence electrons. The van der Waals surface area contributed by atoms with Crippen molar-refractivity contribution >= 4 is 11.6 Å². The van der Waals surface area contributed by atoms with Crippen molar-refractivity contribution in [1.82, 2.24) is 9.78 Å². The highest BCUT2D eigenvalue weighted by molar-refractivity contribution is 6.31. The zero-order valence-corrected chi connectivity index (χ0v) is 14.8.